The zero-order valence-corrected chi connectivity index (χ0v) is 11.9. The lowest BCUT2D eigenvalue weighted by atomic mass is 10.2. The van der Waals surface area contributed by atoms with Gasteiger partial charge in [-0.3, -0.25) is 0 Å². The first-order chi connectivity index (χ1) is 10.7. The monoisotopic (exact) mass is 299 g/mol. The Balaban J connectivity index is 1.95. The number of hydrogen-bond donors (Lipinski definition) is 1. The predicted molar refractivity (Wildman–Crippen MR) is 80.7 cm³/mol. The number of fused-ring (bicyclic) bond motifs is 1. The van der Waals surface area contributed by atoms with Crippen LogP contribution in [0.4, 0.5) is 4.39 Å². The van der Waals surface area contributed by atoms with Gasteiger partial charge in [0.05, 0.1) is 6.61 Å². The number of aromatic amines is 1. The molecule has 0 aliphatic rings. The van der Waals surface area contributed by atoms with Gasteiger partial charge in [0.1, 0.15) is 23.0 Å². The SMILES string of the molecule is CCOC(=O)c1cc2c(Oc3ccc(F)cc3)cccc2[nH]1. The van der Waals surface area contributed by atoms with Gasteiger partial charge in [0.15, 0.2) is 0 Å². The van der Waals surface area contributed by atoms with E-state index in [0.717, 1.165) is 10.9 Å². The van der Waals surface area contributed by atoms with Gasteiger partial charge in [0.2, 0.25) is 0 Å². The van der Waals surface area contributed by atoms with E-state index in [4.69, 9.17) is 9.47 Å². The van der Waals surface area contributed by atoms with Crippen molar-refractivity contribution in [2.75, 3.05) is 6.61 Å². The first-order valence-corrected chi connectivity index (χ1v) is 6.89. The predicted octanol–water partition coefficient (Wildman–Crippen LogP) is 4.28. The van der Waals surface area contributed by atoms with Crippen molar-refractivity contribution in [2.24, 2.45) is 0 Å². The first-order valence-electron chi connectivity index (χ1n) is 6.89. The van der Waals surface area contributed by atoms with E-state index in [1.165, 1.54) is 12.1 Å². The van der Waals surface area contributed by atoms with Crippen molar-refractivity contribution in [1.29, 1.82) is 0 Å². The number of hydrogen-bond acceptors (Lipinski definition) is 3. The zero-order chi connectivity index (χ0) is 15.5. The Morgan fingerprint density at radius 1 is 1.18 bits per heavy atom. The van der Waals surface area contributed by atoms with E-state index >= 15 is 0 Å². The van der Waals surface area contributed by atoms with Crippen LogP contribution in [0.2, 0.25) is 0 Å². The van der Waals surface area contributed by atoms with E-state index in [9.17, 15) is 9.18 Å². The number of ether oxygens (including phenoxy) is 2. The Morgan fingerprint density at radius 2 is 1.95 bits per heavy atom. The maximum Gasteiger partial charge on any atom is 0.354 e. The Hall–Kier alpha value is -2.82. The second-order valence-electron chi connectivity index (χ2n) is 4.68. The lowest BCUT2D eigenvalue weighted by Crippen LogP contribution is -2.04. The number of nitrogens with one attached hydrogen (secondary N) is 1. The van der Waals surface area contributed by atoms with Crippen LogP contribution in [0.5, 0.6) is 11.5 Å². The molecule has 0 bridgehead atoms. The molecule has 0 fully saturated rings. The Labute approximate surface area is 126 Å². The third-order valence-electron chi connectivity index (χ3n) is 3.16. The first kappa shape index (κ1) is 14.1. The van der Waals surface area contributed by atoms with Crippen LogP contribution in [-0.2, 0) is 4.74 Å². The number of carbonyl (C=O) groups excluding carboxylic acids is 1. The summed E-state index contributed by atoms with van der Waals surface area (Å²) in [5, 5.41) is 0.759. The molecule has 4 nitrogen and oxygen atoms in total. The van der Waals surface area contributed by atoms with E-state index in [0.29, 0.717) is 23.8 Å². The largest absolute Gasteiger partial charge is 0.461 e. The molecule has 0 aliphatic carbocycles. The average Bonchev–Trinajstić information content (AvgIpc) is 2.95. The second-order valence-corrected chi connectivity index (χ2v) is 4.68. The van der Waals surface area contributed by atoms with Gasteiger partial charge >= 0.3 is 5.97 Å². The van der Waals surface area contributed by atoms with Crippen LogP contribution in [0, 0.1) is 5.82 Å². The van der Waals surface area contributed by atoms with Gasteiger partial charge in [-0.15, -0.1) is 0 Å². The maximum absolute atomic E-state index is 12.9. The molecule has 0 saturated heterocycles. The van der Waals surface area contributed by atoms with Crippen molar-refractivity contribution in [2.45, 2.75) is 6.92 Å². The molecule has 112 valence electrons. The molecule has 0 atom stereocenters. The molecule has 1 N–H and O–H groups in total. The standard InChI is InChI=1S/C17H14FNO3/c1-2-21-17(20)15-10-13-14(19-15)4-3-5-16(13)22-12-8-6-11(18)7-9-12/h3-10,19H,2H2,1H3. The summed E-state index contributed by atoms with van der Waals surface area (Å²) in [6.07, 6.45) is 0. The molecule has 0 aliphatic heterocycles. The van der Waals surface area contributed by atoms with Crippen molar-refractivity contribution in [3.8, 4) is 11.5 Å². The maximum atomic E-state index is 12.9. The highest BCUT2D eigenvalue weighted by Gasteiger charge is 2.13. The summed E-state index contributed by atoms with van der Waals surface area (Å²) in [6, 6.07) is 12.9. The Kier molecular flexibility index (Phi) is 3.78. The van der Waals surface area contributed by atoms with Gasteiger partial charge in [-0.2, -0.15) is 0 Å². The highest BCUT2D eigenvalue weighted by atomic mass is 19.1. The summed E-state index contributed by atoms with van der Waals surface area (Å²) < 4.78 is 23.7. The summed E-state index contributed by atoms with van der Waals surface area (Å²) in [4.78, 5) is 14.8. The summed E-state index contributed by atoms with van der Waals surface area (Å²) in [5.74, 6) is 0.368. The van der Waals surface area contributed by atoms with E-state index in [1.54, 1.807) is 31.2 Å². The minimum atomic E-state index is -0.411. The number of aromatic nitrogens is 1. The van der Waals surface area contributed by atoms with Crippen molar-refractivity contribution < 1.29 is 18.7 Å². The van der Waals surface area contributed by atoms with Gasteiger partial charge in [0.25, 0.3) is 0 Å². The van der Waals surface area contributed by atoms with Crippen LogP contribution in [-0.4, -0.2) is 17.6 Å². The number of H-pyrrole nitrogens is 1. The van der Waals surface area contributed by atoms with Crippen LogP contribution >= 0.6 is 0 Å². The average molecular weight is 299 g/mol. The van der Waals surface area contributed by atoms with E-state index in [1.807, 2.05) is 12.1 Å². The molecule has 3 aromatic rings. The molecular weight excluding hydrogens is 285 g/mol. The summed E-state index contributed by atoms with van der Waals surface area (Å²) >= 11 is 0. The molecule has 0 amide bonds. The molecule has 2 aromatic carbocycles. The Morgan fingerprint density at radius 3 is 2.68 bits per heavy atom. The number of halogens is 1. The Bertz CT molecular complexity index is 808. The molecule has 0 unspecified atom stereocenters. The zero-order valence-electron chi connectivity index (χ0n) is 11.9. The topological polar surface area (TPSA) is 51.3 Å². The number of rotatable bonds is 4. The van der Waals surface area contributed by atoms with Gasteiger partial charge in [-0.25, -0.2) is 9.18 Å². The van der Waals surface area contributed by atoms with Crippen molar-refractivity contribution in [3.05, 3.63) is 60.0 Å². The summed E-state index contributed by atoms with van der Waals surface area (Å²) in [7, 11) is 0. The van der Waals surface area contributed by atoms with E-state index in [-0.39, 0.29) is 5.82 Å². The summed E-state index contributed by atoms with van der Waals surface area (Å²) in [6.45, 7) is 2.07. The molecule has 0 radical (unpaired) electrons. The second kappa shape index (κ2) is 5.89. The lowest BCUT2D eigenvalue weighted by Gasteiger charge is -2.06. The fourth-order valence-electron chi connectivity index (χ4n) is 2.16. The van der Waals surface area contributed by atoms with Crippen LogP contribution in [0.3, 0.4) is 0 Å². The highest BCUT2D eigenvalue weighted by molar-refractivity contribution is 5.97. The van der Waals surface area contributed by atoms with Crippen LogP contribution in [0.15, 0.2) is 48.5 Å². The molecule has 22 heavy (non-hydrogen) atoms. The fraction of sp³-hybridized carbons (Fsp3) is 0.118. The number of carbonyl (C=O) groups is 1. The van der Waals surface area contributed by atoms with Gasteiger partial charge in [-0.1, -0.05) is 6.07 Å². The van der Waals surface area contributed by atoms with Gasteiger partial charge in [0, 0.05) is 10.9 Å². The molecule has 5 heteroatoms. The van der Waals surface area contributed by atoms with Crippen LogP contribution < -0.4 is 4.74 Å². The van der Waals surface area contributed by atoms with Crippen molar-refractivity contribution in [3.63, 3.8) is 0 Å². The van der Waals surface area contributed by atoms with Gasteiger partial charge in [-0.05, 0) is 49.4 Å². The fourth-order valence-corrected chi connectivity index (χ4v) is 2.16. The lowest BCUT2D eigenvalue weighted by molar-refractivity contribution is 0.0520. The third kappa shape index (κ3) is 2.79. The third-order valence-corrected chi connectivity index (χ3v) is 3.16. The molecule has 3 rings (SSSR count). The van der Waals surface area contributed by atoms with Crippen LogP contribution in [0.25, 0.3) is 10.9 Å². The number of benzene rings is 2. The van der Waals surface area contributed by atoms with Crippen molar-refractivity contribution >= 4 is 16.9 Å². The van der Waals surface area contributed by atoms with E-state index in [2.05, 4.69) is 4.98 Å². The smallest absolute Gasteiger partial charge is 0.354 e. The molecular formula is C17H14FNO3. The molecule has 0 saturated carbocycles. The molecule has 1 heterocycles. The van der Waals surface area contributed by atoms with E-state index < -0.39 is 5.97 Å². The quantitative estimate of drug-likeness (QED) is 0.732. The molecule has 1 aromatic heterocycles. The highest BCUT2D eigenvalue weighted by Crippen LogP contribution is 2.30. The minimum absolute atomic E-state index is 0.313. The van der Waals surface area contributed by atoms with Crippen LogP contribution in [0.1, 0.15) is 17.4 Å². The normalized spacial score (nSPS) is 10.6. The summed E-state index contributed by atoms with van der Waals surface area (Å²) in [5.41, 5.74) is 1.13. The minimum Gasteiger partial charge on any atom is -0.461 e. The van der Waals surface area contributed by atoms with Gasteiger partial charge < -0.3 is 14.5 Å². The molecule has 0 spiro atoms. The van der Waals surface area contributed by atoms with Crippen molar-refractivity contribution in [1.82, 2.24) is 4.98 Å². The number of esters is 1.